The second-order valence-electron chi connectivity index (χ2n) is 2.60. The fourth-order valence-electron chi connectivity index (χ4n) is 0.948. The molecule has 1 aromatic rings. The molecular formula is C8H6BrF3N2. The van der Waals surface area contributed by atoms with E-state index in [-0.39, 0.29) is 15.7 Å². The van der Waals surface area contributed by atoms with Crippen molar-refractivity contribution in [2.75, 3.05) is 5.73 Å². The second kappa shape index (κ2) is 3.61. The highest BCUT2D eigenvalue weighted by atomic mass is 79.9. The van der Waals surface area contributed by atoms with E-state index < -0.39 is 11.7 Å². The molecule has 0 spiro atoms. The lowest BCUT2D eigenvalue weighted by molar-refractivity contribution is -0.138. The molecular weight excluding hydrogens is 261 g/mol. The summed E-state index contributed by atoms with van der Waals surface area (Å²) in [6.45, 7) is 0. The van der Waals surface area contributed by atoms with Crippen LogP contribution in [0.2, 0.25) is 0 Å². The number of benzene rings is 1. The van der Waals surface area contributed by atoms with Crippen LogP contribution < -0.4 is 5.73 Å². The van der Waals surface area contributed by atoms with Crippen LogP contribution in [0.3, 0.4) is 0 Å². The van der Waals surface area contributed by atoms with E-state index in [1.807, 2.05) is 0 Å². The fraction of sp³-hybridized carbons (Fsp3) is 0.125. The summed E-state index contributed by atoms with van der Waals surface area (Å²) in [5.74, 6) is 0. The summed E-state index contributed by atoms with van der Waals surface area (Å²) >= 11 is 2.78. The number of halogens is 4. The average Bonchev–Trinajstić information content (AvgIpc) is 2.06. The van der Waals surface area contributed by atoms with Crippen molar-refractivity contribution in [1.29, 1.82) is 5.41 Å². The van der Waals surface area contributed by atoms with Crippen molar-refractivity contribution in [2.45, 2.75) is 6.18 Å². The molecule has 0 amide bonds. The molecule has 0 fully saturated rings. The first-order valence-corrected chi connectivity index (χ1v) is 4.32. The highest BCUT2D eigenvalue weighted by Gasteiger charge is 2.33. The Morgan fingerprint density at radius 2 is 1.93 bits per heavy atom. The maximum absolute atomic E-state index is 12.3. The van der Waals surface area contributed by atoms with Gasteiger partial charge < -0.3 is 11.1 Å². The highest BCUT2D eigenvalue weighted by Crippen LogP contribution is 2.36. The normalized spacial score (nSPS) is 11.4. The summed E-state index contributed by atoms with van der Waals surface area (Å²) in [7, 11) is 0. The van der Waals surface area contributed by atoms with Gasteiger partial charge in [-0.15, -0.1) is 0 Å². The number of anilines is 1. The molecule has 0 radical (unpaired) electrons. The number of alkyl halides is 3. The van der Waals surface area contributed by atoms with Gasteiger partial charge in [-0.05, 0) is 12.1 Å². The number of rotatable bonds is 1. The summed E-state index contributed by atoms with van der Waals surface area (Å²) in [5, 5.41) is 6.90. The van der Waals surface area contributed by atoms with E-state index in [1.54, 1.807) is 0 Å². The molecule has 6 heteroatoms. The molecule has 0 saturated heterocycles. The predicted molar refractivity (Wildman–Crippen MR) is 51.4 cm³/mol. The predicted octanol–water partition coefficient (Wildman–Crippen LogP) is 3.05. The third-order valence-electron chi connectivity index (χ3n) is 1.63. The molecule has 3 N–H and O–H groups in total. The molecule has 76 valence electrons. The van der Waals surface area contributed by atoms with Gasteiger partial charge in [0.1, 0.15) is 0 Å². The number of hydrogen-bond acceptors (Lipinski definition) is 2. The van der Waals surface area contributed by atoms with E-state index in [4.69, 9.17) is 11.1 Å². The first kappa shape index (κ1) is 11.0. The van der Waals surface area contributed by atoms with E-state index in [2.05, 4.69) is 15.9 Å². The van der Waals surface area contributed by atoms with Gasteiger partial charge in [0.15, 0.2) is 0 Å². The van der Waals surface area contributed by atoms with Crippen LogP contribution in [0.5, 0.6) is 0 Å². The van der Waals surface area contributed by atoms with E-state index in [9.17, 15) is 13.2 Å². The molecule has 0 bridgehead atoms. The topological polar surface area (TPSA) is 49.9 Å². The number of hydrogen-bond donors (Lipinski definition) is 2. The quantitative estimate of drug-likeness (QED) is 0.596. The molecule has 0 saturated carbocycles. The molecule has 0 aromatic heterocycles. The van der Waals surface area contributed by atoms with Gasteiger partial charge in [0.05, 0.1) is 5.56 Å². The molecule has 1 rings (SSSR count). The minimum absolute atomic E-state index is 0.0597. The van der Waals surface area contributed by atoms with E-state index in [1.165, 1.54) is 6.07 Å². The van der Waals surface area contributed by atoms with Crippen LogP contribution in [0, 0.1) is 5.41 Å². The van der Waals surface area contributed by atoms with Crippen LogP contribution in [0.15, 0.2) is 16.6 Å². The van der Waals surface area contributed by atoms with Crippen molar-refractivity contribution in [3.05, 3.63) is 27.7 Å². The van der Waals surface area contributed by atoms with Crippen LogP contribution in [0.4, 0.5) is 18.9 Å². The van der Waals surface area contributed by atoms with Crippen molar-refractivity contribution in [3.8, 4) is 0 Å². The second-order valence-corrected chi connectivity index (χ2v) is 3.46. The van der Waals surface area contributed by atoms with Crippen molar-refractivity contribution >= 4 is 27.8 Å². The minimum atomic E-state index is -4.44. The molecule has 0 aliphatic rings. The summed E-state index contributed by atoms with van der Waals surface area (Å²) in [5.41, 5.74) is 4.69. The molecule has 14 heavy (non-hydrogen) atoms. The number of nitrogens with two attached hydrogens (primary N) is 1. The smallest absolute Gasteiger partial charge is 0.398 e. The Bertz CT molecular complexity index is 374. The first-order valence-electron chi connectivity index (χ1n) is 3.53. The lowest BCUT2D eigenvalue weighted by atomic mass is 10.1. The number of nitrogens with one attached hydrogen (secondary N) is 1. The summed E-state index contributed by atoms with van der Waals surface area (Å²) in [6, 6.07) is 1.98. The average molecular weight is 267 g/mol. The lowest BCUT2D eigenvalue weighted by Gasteiger charge is -2.11. The Morgan fingerprint density at radius 1 is 1.36 bits per heavy atom. The highest BCUT2D eigenvalue weighted by molar-refractivity contribution is 9.10. The zero-order valence-electron chi connectivity index (χ0n) is 6.82. The van der Waals surface area contributed by atoms with Gasteiger partial charge in [0.25, 0.3) is 0 Å². The van der Waals surface area contributed by atoms with E-state index in [0.29, 0.717) is 0 Å². The third-order valence-corrected chi connectivity index (χ3v) is 2.29. The largest absolute Gasteiger partial charge is 0.417 e. The minimum Gasteiger partial charge on any atom is -0.398 e. The summed E-state index contributed by atoms with van der Waals surface area (Å²) in [6.07, 6.45) is -3.53. The Kier molecular flexibility index (Phi) is 2.84. The Hall–Kier alpha value is -1.04. The van der Waals surface area contributed by atoms with Crippen LogP contribution in [0.1, 0.15) is 11.1 Å². The van der Waals surface area contributed by atoms with Gasteiger partial charge in [-0.1, -0.05) is 15.9 Å². The SMILES string of the molecule is N=Cc1cc(Br)c(C(F)(F)F)cc1N. The van der Waals surface area contributed by atoms with Crippen LogP contribution in [0.25, 0.3) is 0 Å². The van der Waals surface area contributed by atoms with Crippen molar-refractivity contribution in [3.63, 3.8) is 0 Å². The van der Waals surface area contributed by atoms with Gasteiger partial charge in [-0.3, -0.25) is 0 Å². The maximum atomic E-state index is 12.3. The molecule has 0 unspecified atom stereocenters. The fourth-order valence-corrected chi connectivity index (χ4v) is 1.53. The molecule has 2 nitrogen and oxygen atoms in total. The molecule has 0 aliphatic heterocycles. The Labute approximate surface area is 86.6 Å². The monoisotopic (exact) mass is 266 g/mol. The van der Waals surface area contributed by atoms with Gasteiger partial charge in [0.2, 0.25) is 0 Å². The first-order chi connectivity index (χ1) is 6.36. The molecule has 0 heterocycles. The molecule has 0 aliphatic carbocycles. The summed E-state index contributed by atoms with van der Waals surface area (Å²) in [4.78, 5) is 0. The molecule has 0 atom stereocenters. The Balaban J connectivity index is 3.36. The summed E-state index contributed by atoms with van der Waals surface area (Å²) < 4.78 is 36.9. The number of nitrogen functional groups attached to an aromatic ring is 1. The van der Waals surface area contributed by atoms with Crippen LogP contribution in [-0.4, -0.2) is 6.21 Å². The van der Waals surface area contributed by atoms with Gasteiger partial charge in [-0.2, -0.15) is 13.2 Å². The van der Waals surface area contributed by atoms with Crippen molar-refractivity contribution in [2.24, 2.45) is 0 Å². The van der Waals surface area contributed by atoms with E-state index >= 15 is 0 Å². The van der Waals surface area contributed by atoms with Crippen LogP contribution >= 0.6 is 15.9 Å². The van der Waals surface area contributed by atoms with Crippen LogP contribution in [-0.2, 0) is 6.18 Å². The van der Waals surface area contributed by atoms with E-state index in [0.717, 1.165) is 12.3 Å². The zero-order chi connectivity index (χ0) is 10.9. The van der Waals surface area contributed by atoms with Crippen molar-refractivity contribution < 1.29 is 13.2 Å². The van der Waals surface area contributed by atoms with Crippen molar-refractivity contribution in [1.82, 2.24) is 0 Å². The molecule has 1 aromatic carbocycles. The zero-order valence-corrected chi connectivity index (χ0v) is 8.41. The van der Waals surface area contributed by atoms with Gasteiger partial charge in [0, 0.05) is 21.9 Å². The lowest BCUT2D eigenvalue weighted by Crippen LogP contribution is -2.08. The Morgan fingerprint density at radius 3 is 2.36 bits per heavy atom. The van der Waals surface area contributed by atoms with Gasteiger partial charge in [-0.25, -0.2) is 0 Å². The third kappa shape index (κ3) is 2.06. The standard InChI is InChI=1S/C8H6BrF3N2/c9-6-1-4(3-13)7(14)2-5(6)8(10,11)12/h1-3,13H,14H2. The maximum Gasteiger partial charge on any atom is 0.417 e. The van der Waals surface area contributed by atoms with Gasteiger partial charge >= 0.3 is 6.18 Å².